The van der Waals surface area contributed by atoms with Gasteiger partial charge in [0.1, 0.15) is 36.5 Å². The van der Waals surface area contributed by atoms with Gasteiger partial charge in [-0.2, -0.15) is 0 Å². The zero-order chi connectivity index (χ0) is 22.5. The number of hydrogen-bond acceptors (Lipinski definition) is 8. The number of nitrogens with zero attached hydrogens (tertiary/aromatic N) is 3. The van der Waals surface area contributed by atoms with Crippen molar-refractivity contribution in [2.45, 2.75) is 51.1 Å². The second-order valence-electron chi connectivity index (χ2n) is 8.46. The maximum atomic E-state index is 11.7. The molecule has 0 aliphatic carbocycles. The summed E-state index contributed by atoms with van der Waals surface area (Å²) in [4.78, 5) is 20.7. The molecule has 0 spiro atoms. The lowest BCUT2D eigenvalue weighted by molar-refractivity contribution is -0.194. The Morgan fingerprint density at radius 2 is 1.94 bits per heavy atom. The molecule has 0 bridgehead atoms. The van der Waals surface area contributed by atoms with Gasteiger partial charge in [-0.25, -0.2) is 9.97 Å². The first kappa shape index (κ1) is 20.9. The number of rotatable bonds is 5. The van der Waals surface area contributed by atoms with E-state index in [-0.39, 0.29) is 30.8 Å². The number of fused-ring (bicyclic) bond motifs is 2. The number of benzene rings is 1. The second-order valence-corrected chi connectivity index (χ2v) is 8.46. The third-order valence-electron chi connectivity index (χ3n) is 5.86. The SMILES string of the molecule is COC(=O)CNc1ncnc2c1c(-c1ccccc1)cn2[C@@H]1O[C@H](C)[C@H]2OC(C)(C)O[C@H]21. The van der Waals surface area contributed by atoms with E-state index in [1.807, 2.05) is 61.9 Å². The predicted molar refractivity (Wildman–Crippen MR) is 117 cm³/mol. The first-order valence-corrected chi connectivity index (χ1v) is 10.6. The minimum Gasteiger partial charge on any atom is -0.468 e. The summed E-state index contributed by atoms with van der Waals surface area (Å²) in [6.07, 6.45) is 2.47. The van der Waals surface area contributed by atoms with E-state index >= 15 is 0 Å². The van der Waals surface area contributed by atoms with Gasteiger partial charge in [0.15, 0.2) is 12.0 Å². The van der Waals surface area contributed by atoms with Crippen LogP contribution >= 0.6 is 0 Å². The van der Waals surface area contributed by atoms with E-state index in [0.29, 0.717) is 11.5 Å². The van der Waals surface area contributed by atoms with E-state index in [0.717, 1.165) is 16.5 Å². The summed E-state index contributed by atoms with van der Waals surface area (Å²) >= 11 is 0. The van der Waals surface area contributed by atoms with Crippen molar-refractivity contribution in [1.82, 2.24) is 14.5 Å². The van der Waals surface area contributed by atoms with Crippen molar-refractivity contribution in [3.8, 4) is 11.1 Å². The molecule has 0 radical (unpaired) electrons. The lowest BCUT2D eigenvalue weighted by Gasteiger charge is -2.24. The van der Waals surface area contributed by atoms with Crippen molar-refractivity contribution in [2.24, 2.45) is 0 Å². The Bertz CT molecular complexity index is 1150. The highest BCUT2D eigenvalue weighted by Crippen LogP contribution is 2.45. The zero-order valence-electron chi connectivity index (χ0n) is 18.4. The Labute approximate surface area is 185 Å². The lowest BCUT2D eigenvalue weighted by atomic mass is 10.1. The molecular formula is C23H26N4O5. The third-order valence-corrected chi connectivity index (χ3v) is 5.86. The number of hydrogen-bond donors (Lipinski definition) is 1. The van der Waals surface area contributed by atoms with Crippen LogP contribution in [0.5, 0.6) is 0 Å². The molecule has 4 heterocycles. The summed E-state index contributed by atoms with van der Waals surface area (Å²) in [5.41, 5.74) is 2.60. The van der Waals surface area contributed by atoms with Crippen LogP contribution in [-0.4, -0.2) is 58.3 Å². The number of esters is 1. The van der Waals surface area contributed by atoms with Gasteiger partial charge < -0.3 is 28.8 Å². The van der Waals surface area contributed by atoms with Gasteiger partial charge in [-0.3, -0.25) is 4.79 Å². The lowest BCUT2D eigenvalue weighted by Crippen LogP contribution is -2.27. The molecule has 0 unspecified atom stereocenters. The third kappa shape index (κ3) is 3.52. The number of methoxy groups -OCH3 is 1. The van der Waals surface area contributed by atoms with Gasteiger partial charge in [0.2, 0.25) is 0 Å². The van der Waals surface area contributed by atoms with Crippen LogP contribution in [0.3, 0.4) is 0 Å². The molecule has 1 aromatic carbocycles. The largest absolute Gasteiger partial charge is 0.468 e. The molecule has 5 rings (SSSR count). The Hall–Kier alpha value is -3.01. The first-order valence-electron chi connectivity index (χ1n) is 10.6. The normalized spacial score (nSPS) is 26.2. The standard InChI is InChI=1S/C23H26N4O5/c1-13-18-19(32-23(2,3)31-18)22(30-13)27-11-15(14-8-6-5-7-9-14)17-20(24-10-16(28)29-4)25-12-26-21(17)27/h5-9,11-13,18-19,22H,10H2,1-4H3,(H,24,25,26)/t13-,18-,19-,22-/m1/s1. The van der Waals surface area contributed by atoms with Crippen molar-refractivity contribution in [3.63, 3.8) is 0 Å². The van der Waals surface area contributed by atoms with Crippen LogP contribution in [0, 0.1) is 0 Å². The van der Waals surface area contributed by atoms with E-state index in [2.05, 4.69) is 15.3 Å². The molecule has 2 aliphatic rings. The Morgan fingerprint density at radius 1 is 1.19 bits per heavy atom. The molecule has 3 aromatic rings. The van der Waals surface area contributed by atoms with Crippen LogP contribution in [0.15, 0.2) is 42.9 Å². The van der Waals surface area contributed by atoms with E-state index in [1.165, 1.54) is 13.4 Å². The summed E-state index contributed by atoms with van der Waals surface area (Å²) in [6.45, 7) is 5.81. The molecule has 9 heteroatoms. The number of aromatic nitrogens is 3. The van der Waals surface area contributed by atoms with Crippen LogP contribution in [0.2, 0.25) is 0 Å². The molecule has 1 N–H and O–H groups in total. The minimum absolute atomic E-state index is 0.00513. The number of nitrogens with one attached hydrogen (secondary N) is 1. The number of ether oxygens (including phenoxy) is 4. The van der Waals surface area contributed by atoms with Crippen molar-refractivity contribution < 1.29 is 23.7 Å². The molecule has 2 aromatic heterocycles. The fraction of sp³-hybridized carbons (Fsp3) is 0.435. The summed E-state index contributed by atoms with van der Waals surface area (Å²) in [6, 6.07) is 9.97. The molecule has 32 heavy (non-hydrogen) atoms. The highest BCUT2D eigenvalue weighted by Gasteiger charge is 2.54. The average Bonchev–Trinajstić information content (AvgIpc) is 3.42. The predicted octanol–water partition coefficient (Wildman–Crippen LogP) is 3.12. The maximum Gasteiger partial charge on any atom is 0.325 e. The molecular weight excluding hydrogens is 412 g/mol. The van der Waals surface area contributed by atoms with Gasteiger partial charge in [0.05, 0.1) is 18.6 Å². The monoisotopic (exact) mass is 438 g/mol. The second kappa shape index (κ2) is 7.84. The van der Waals surface area contributed by atoms with Crippen molar-refractivity contribution >= 4 is 22.8 Å². The van der Waals surface area contributed by atoms with Crippen molar-refractivity contribution in [3.05, 3.63) is 42.9 Å². The Balaban J connectivity index is 1.64. The van der Waals surface area contributed by atoms with Crippen molar-refractivity contribution in [1.29, 1.82) is 0 Å². The molecule has 0 amide bonds. The molecule has 4 atom stereocenters. The number of carbonyl (C=O) groups excluding carboxylic acids is 1. The van der Waals surface area contributed by atoms with Crippen LogP contribution < -0.4 is 5.32 Å². The van der Waals surface area contributed by atoms with Gasteiger partial charge in [0.25, 0.3) is 0 Å². The molecule has 2 saturated heterocycles. The molecule has 168 valence electrons. The quantitative estimate of drug-likeness (QED) is 0.607. The van der Waals surface area contributed by atoms with Gasteiger partial charge in [-0.15, -0.1) is 0 Å². The van der Waals surface area contributed by atoms with Gasteiger partial charge in [-0.05, 0) is 26.3 Å². The maximum absolute atomic E-state index is 11.7. The van der Waals surface area contributed by atoms with Gasteiger partial charge in [0, 0.05) is 11.8 Å². The first-order chi connectivity index (χ1) is 15.4. The molecule has 0 saturated carbocycles. The minimum atomic E-state index is -0.681. The fourth-order valence-corrected chi connectivity index (χ4v) is 4.48. The highest BCUT2D eigenvalue weighted by atomic mass is 16.8. The van der Waals surface area contributed by atoms with Gasteiger partial charge >= 0.3 is 5.97 Å². The Kier molecular flexibility index (Phi) is 5.11. The smallest absolute Gasteiger partial charge is 0.325 e. The van der Waals surface area contributed by atoms with Crippen LogP contribution in [-0.2, 0) is 23.7 Å². The van der Waals surface area contributed by atoms with E-state index in [1.54, 1.807) is 0 Å². The zero-order valence-corrected chi connectivity index (χ0v) is 18.4. The fourth-order valence-electron chi connectivity index (χ4n) is 4.48. The molecule has 2 aliphatic heterocycles. The summed E-state index contributed by atoms with van der Waals surface area (Å²) < 4.78 is 25.3. The van der Waals surface area contributed by atoms with E-state index in [4.69, 9.17) is 18.9 Å². The highest BCUT2D eigenvalue weighted by molar-refractivity contribution is 6.01. The molecule has 2 fully saturated rings. The summed E-state index contributed by atoms with van der Waals surface area (Å²) in [5, 5.41) is 3.88. The summed E-state index contributed by atoms with van der Waals surface area (Å²) in [7, 11) is 1.35. The average molecular weight is 438 g/mol. The topological polar surface area (TPSA) is 96.7 Å². The van der Waals surface area contributed by atoms with Crippen molar-refractivity contribution in [2.75, 3.05) is 19.0 Å². The molecule has 9 nitrogen and oxygen atoms in total. The van der Waals surface area contributed by atoms with E-state index < -0.39 is 12.0 Å². The van der Waals surface area contributed by atoms with Crippen LogP contribution in [0.4, 0.5) is 5.82 Å². The van der Waals surface area contributed by atoms with Crippen LogP contribution in [0.25, 0.3) is 22.2 Å². The summed E-state index contributed by atoms with van der Waals surface area (Å²) in [5.74, 6) is -0.518. The van der Waals surface area contributed by atoms with Gasteiger partial charge in [-0.1, -0.05) is 30.3 Å². The van der Waals surface area contributed by atoms with E-state index in [9.17, 15) is 4.79 Å². The number of anilines is 1. The Morgan fingerprint density at radius 3 is 2.69 bits per heavy atom. The van der Waals surface area contributed by atoms with Crippen LogP contribution in [0.1, 0.15) is 27.0 Å². The number of carbonyl (C=O) groups is 1.